The zero-order valence-electron chi connectivity index (χ0n) is 10.0. The minimum absolute atomic E-state index is 0.0524. The predicted molar refractivity (Wildman–Crippen MR) is 68.0 cm³/mol. The number of nitrogens with two attached hydrogens (primary N) is 1. The molecule has 0 radical (unpaired) electrons. The van der Waals surface area contributed by atoms with Gasteiger partial charge < -0.3 is 5.73 Å². The summed E-state index contributed by atoms with van der Waals surface area (Å²) in [7, 11) is -3.62. The number of nitrogen functional groups attached to an aromatic ring is 1. The molecule has 1 saturated carbocycles. The van der Waals surface area contributed by atoms with Crippen LogP contribution in [0.4, 0.5) is 10.1 Å². The highest BCUT2D eigenvalue weighted by Gasteiger charge is 2.19. The molecule has 1 aromatic rings. The topological polar surface area (TPSA) is 72.2 Å². The number of sulfonamides is 1. The Kier molecular flexibility index (Phi) is 3.87. The van der Waals surface area contributed by atoms with E-state index in [1.807, 2.05) is 0 Å². The normalized spacial score (nSPS) is 16.5. The lowest BCUT2D eigenvalue weighted by Crippen LogP contribution is -2.27. The van der Waals surface area contributed by atoms with Gasteiger partial charge >= 0.3 is 0 Å². The molecule has 0 aromatic heterocycles. The molecule has 0 atom stereocenters. The number of benzene rings is 1. The minimum atomic E-state index is -3.62. The molecule has 0 bridgehead atoms. The third-order valence-electron chi connectivity index (χ3n) is 3.35. The summed E-state index contributed by atoms with van der Waals surface area (Å²) in [5, 5.41) is 0. The Morgan fingerprint density at radius 3 is 2.67 bits per heavy atom. The summed E-state index contributed by atoms with van der Waals surface area (Å²) in [5.74, 6) is -0.0762. The van der Waals surface area contributed by atoms with E-state index in [1.54, 1.807) is 0 Å². The molecule has 0 heterocycles. The van der Waals surface area contributed by atoms with Gasteiger partial charge in [-0.05, 0) is 30.5 Å². The van der Waals surface area contributed by atoms with Crippen molar-refractivity contribution in [1.29, 1.82) is 0 Å². The summed E-state index contributed by atoms with van der Waals surface area (Å²) in [4.78, 5) is -0.0807. The summed E-state index contributed by atoms with van der Waals surface area (Å²) < 4.78 is 39.4. The average Bonchev–Trinajstić information content (AvgIpc) is 2.25. The molecule has 6 heteroatoms. The lowest BCUT2D eigenvalue weighted by molar-refractivity contribution is 0.297. The van der Waals surface area contributed by atoms with Crippen LogP contribution < -0.4 is 10.5 Å². The molecule has 2 rings (SSSR count). The standard InChI is InChI=1S/C12H17FN2O2S/c13-11-8-10(4-5-12(11)14)18(16,17)15-7-6-9-2-1-3-9/h4-5,8-9,15H,1-3,6-7,14H2. The molecule has 0 spiro atoms. The van der Waals surface area contributed by atoms with Crippen LogP contribution >= 0.6 is 0 Å². The van der Waals surface area contributed by atoms with Crippen LogP contribution in [0.3, 0.4) is 0 Å². The van der Waals surface area contributed by atoms with Crippen molar-refractivity contribution in [1.82, 2.24) is 4.72 Å². The predicted octanol–water partition coefficient (Wildman–Crippen LogP) is 1.88. The molecular weight excluding hydrogens is 255 g/mol. The Bertz CT molecular complexity index is 527. The van der Waals surface area contributed by atoms with Crippen molar-refractivity contribution < 1.29 is 12.8 Å². The van der Waals surface area contributed by atoms with Gasteiger partial charge in [-0.1, -0.05) is 19.3 Å². The van der Waals surface area contributed by atoms with E-state index in [9.17, 15) is 12.8 Å². The van der Waals surface area contributed by atoms with Gasteiger partial charge in [0.15, 0.2) is 0 Å². The highest BCUT2D eigenvalue weighted by atomic mass is 32.2. The van der Waals surface area contributed by atoms with E-state index in [2.05, 4.69) is 4.72 Å². The number of rotatable bonds is 5. The zero-order chi connectivity index (χ0) is 13.2. The van der Waals surface area contributed by atoms with Crippen molar-refractivity contribution in [2.24, 2.45) is 5.92 Å². The van der Waals surface area contributed by atoms with E-state index in [0.717, 1.165) is 12.5 Å². The number of hydrogen-bond acceptors (Lipinski definition) is 3. The largest absolute Gasteiger partial charge is 0.396 e. The lowest BCUT2D eigenvalue weighted by atomic mass is 9.83. The van der Waals surface area contributed by atoms with Gasteiger partial charge in [0.05, 0.1) is 10.6 Å². The van der Waals surface area contributed by atoms with Crippen LogP contribution in [-0.4, -0.2) is 15.0 Å². The van der Waals surface area contributed by atoms with Crippen LogP contribution in [0.15, 0.2) is 23.1 Å². The SMILES string of the molecule is Nc1ccc(S(=O)(=O)NCCC2CCC2)cc1F. The van der Waals surface area contributed by atoms with Gasteiger partial charge in [-0.25, -0.2) is 17.5 Å². The molecule has 18 heavy (non-hydrogen) atoms. The summed E-state index contributed by atoms with van der Waals surface area (Å²) >= 11 is 0. The average molecular weight is 272 g/mol. The molecule has 0 amide bonds. The number of hydrogen-bond donors (Lipinski definition) is 2. The first-order chi connectivity index (χ1) is 8.49. The molecular formula is C12H17FN2O2S. The Balaban J connectivity index is 1.98. The van der Waals surface area contributed by atoms with Gasteiger partial charge in [0, 0.05) is 6.54 Å². The summed E-state index contributed by atoms with van der Waals surface area (Å²) in [6, 6.07) is 3.51. The third-order valence-corrected chi connectivity index (χ3v) is 4.81. The van der Waals surface area contributed by atoms with E-state index in [0.29, 0.717) is 12.5 Å². The summed E-state index contributed by atoms with van der Waals surface area (Å²) in [6.45, 7) is 0.402. The fourth-order valence-corrected chi connectivity index (χ4v) is 3.00. The van der Waals surface area contributed by atoms with Gasteiger partial charge in [-0.2, -0.15) is 0 Å². The zero-order valence-corrected chi connectivity index (χ0v) is 10.8. The van der Waals surface area contributed by atoms with Crippen molar-refractivity contribution >= 4 is 15.7 Å². The van der Waals surface area contributed by atoms with Crippen LogP contribution in [0.5, 0.6) is 0 Å². The molecule has 1 aliphatic carbocycles. The second-order valence-corrected chi connectivity index (χ2v) is 6.43. The van der Waals surface area contributed by atoms with Gasteiger partial charge in [0.2, 0.25) is 10.0 Å². The van der Waals surface area contributed by atoms with Crippen LogP contribution in [0.1, 0.15) is 25.7 Å². The van der Waals surface area contributed by atoms with Crippen LogP contribution in [0.25, 0.3) is 0 Å². The lowest BCUT2D eigenvalue weighted by Gasteiger charge is -2.25. The van der Waals surface area contributed by atoms with Crippen LogP contribution in [-0.2, 0) is 10.0 Å². The highest BCUT2D eigenvalue weighted by molar-refractivity contribution is 7.89. The van der Waals surface area contributed by atoms with Crippen molar-refractivity contribution in [2.75, 3.05) is 12.3 Å². The molecule has 1 aromatic carbocycles. The van der Waals surface area contributed by atoms with Gasteiger partial charge in [0.1, 0.15) is 5.82 Å². The first-order valence-corrected chi connectivity index (χ1v) is 7.52. The Morgan fingerprint density at radius 1 is 1.39 bits per heavy atom. The fourth-order valence-electron chi connectivity index (χ4n) is 1.94. The first-order valence-electron chi connectivity index (χ1n) is 6.04. The second-order valence-electron chi connectivity index (χ2n) is 4.67. The molecule has 0 saturated heterocycles. The van der Waals surface area contributed by atoms with E-state index in [4.69, 9.17) is 5.73 Å². The van der Waals surface area contributed by atoms with Crippen LogP contribution in [0.2, 0.25) is 0 Å². The maximum Gasteiger partial charge on any atom is 0.240 e. The van der Waals surface area contributed by atoms with E-state index < -0.39 is 15.8 Å². The Hall–Kier alpha value is -1.14. The first kappa shape index (κ1) is 13.3. The maximum atomic E-state index is 13.2. The second kappa shape index (κ2) is 5.24. The molecule has 1 fully saturated rings. The molecule has 0 aliphatic heterocycles. The fraction of sp³-hybridized carbons (Fsp3) is 0.500. The molecule has 0 unspecified atom stereocenters. The van der Waals surface area contributed by atoms with Gasteiger partial charge in [0.25, 0.3) is 0 Å². The van der Waals surface area contributed by atoms with E-state index >= 15 is 0 Å². The molecule has 1 aliphatic rings. The Labute approximate surface area is 106 Å². The summed E-state index contributed by atoms with van der Waals surface area (Å²) in [5.41, 5.74) is 5.25. The van der Waals surface area contributed by atoms with Crippen molar-refractivity contribution in [2.45, 2.75) is 30.6 Å². The molecule has 4 nitrogen and oxygen atoms in total. The molecule has 100 valence electrons. The number of halogens is 1. The van der Waals surface area contributed by atoms with Gasteiger partial charge in [-0.15, -0.1) is 0 Å². The smallest absolute Gasteiger partial charge is 0.240 e. The van der Waals surface area contributed by atoms with Crippen molar-refractivity contribution in [3.63, 3.8) is 0 Å². The highest BCUT2D eigenvalue weighted by Crippen LogP contribution is 2.28. The van der Waals surface area contributed by atoms with E-state index in [-0.39, 0.29) is 10.6 Å². The molecule has 3 N–H and O–H groups in total. The monoisotopic (exact) mass is 272 g/mol. The number of nitrogens with one attached hydrogen (secondary N) is 1. The van der Waals surface area contributed by atoms with Crippen molar-refractivity contribution in [3.05, 3.63) is 24.0 Å². The van der Waals surface area contributed by atoms with E-state index in [1.165, 1.54) is 31.4 Å². The summed E-state index contributed by atoms with van der Waals surface area (Å²) in [6.07, 6.45) is 4.44. The van der Waals surface area contributed by atoms with Gasteiger partial charge in [-0.3, -0.25) is 0 Å². The third kappa shape index (κ3) is 3.00. The maximum absolute atomic E-state index is 13.2. The quantitative estimate of drug-likeness (QED) is 0.804. The van der Waals surface area contributed by atoms with Crippen molar-refractivity contribution in [3.8, 4) is 0 Å². The Morgan fingerprint density at radius 2 is 2.11 bits per heavy atom. The minimum Gasteiger partial charge on any atom is -0.396 e. The van der Waals surface area contributed by atoms with Crippen LogP contribution in [0, 0.1) is 11.7 Å². The number of anilines is 1.